The average molecular weight is 258 g/mol. The van der Waals surface area contributed by atoms with Crippen LogP contribution in [0.25, 0.3) is 11.0 Å². The molecule has 1 aromatic carbocycles. The monoisotopic (exact) mass is 258 g/mol. The van der Waals surface area contributed by atoms with Crippen LogP contribution in [0.3, 0.4) is 0 Å². The number of hydrogen-bond donors (Lipinski definition) is 0. The second-order valence-corrected chi connectivity index (χ2v) is 4.68. The molecule has 2 heterocycles. The van der Waals surface area contributed by atoms with E-state index in [1.807, 2.05) is 26.0 Å². The van der Waals surface area contributed by atoms with Crippen molar-refractivity contribution in [3.05, 3.63) is 51.9 Å². The van der Waals surface area contributed by atoms with Crippen LogP contribution < -0.4 is 10.4 Å². The summed E-state index contributed by atoms with van der Waals surface area (Å²) in [4.78, 5) is 11.2. The second-order valence-electron chi connectivity index (χ2n) is 4.68. The van der Waals surface area contributed by atoms with Crippen molar-refractivity contribution in [2.45, 2.75) is 20.1 Å². The lowest BCUT2D eigenvalue weighted by atomic mass is 10.2. The lowest BCUT2D eigenvalue weighted by Crippen LogP contribution is -2.17. The number of hydrogen-bond acceptors (Lipinski definition) is 4. The molecule has 4 nitrogen and oxygen atoms in total. The van der Waals surface area contributed by atoms with E-state index in [-0.39, 0.29) is 11.9 Å². The molecular weight excluding hydrogens is 244 g/mol. The Bertz CT molecular complexity index is 711. The summed E-state index contributed by atoms with van der Waals surface area (Å²) in [5.41, 5.74) is 2.43. The number of ether oxygens (including phenoxy) is 2. The van der Waals surface area contributed by atoms with Crippen molar-refractivity contribution in [2.75, 3.05) is 6.61 Å². The Morgan fingerprint density at radius 3 is 2.74 bits per heavy atom. The summed E-state index contributed by atoms with van der Waals surface area (Å²) in [6.07, 6.45) is -0.354. The van der Waals surface area contributed by atoms with E-state index in [2.05, 4.69) is 0 Å². The molecule has 0 amide bonds. The van der Waals surface area contributed by atoms with Gasteiger partial charge in [0.2, 0.25) is 6.29 Å². The highest BCUT2D eigenvalue weighted by molar-refractivity contribution is 5.77. The first-order chi connectivity index (χ1) is 9.13. The van der Waals surface area contributed by atoms with Crippen LogP contribution in [-0.4, -0.2) is 12.9 Å². The summed E-state index contributed by atoms with van der Waals surface area (Å²) in [5, 5.41) is 0.864. The van der Waals surface area contributed by atoms with E-state index >= 15 is 0 Å². The molecule has 3 rings (SSSR count). The first kappa shape index (κ1) is 12.0. The lowest BCUT2D eigenvalue weighted by molar-refractivity contribution is -0.0266. The molecule has 0 saturated carbocycles. The molecule has 0 N–H and O–H groups in total. The van der Waals surface area contributed by atoms with Crippen LogP contribution in [0, 0.1) is 0 Å². The molecule has 4 heteroatoms. The summed E-state index contributed by atoms with van der Waals surface area (Å²) in [6.45, 7) is 4.62. The van der Waals surface area contributed by atoms with E-state index in [1.165, 1.54) is 11.6 Å². The van der Waals surface area contributed by atoms with Gasteiger partial charge in [0.05, 0.1) is 6.61 Å². The number of benzene rings is 1. The average Bonchev–Trinajstić information content (AvgIpc) is 2.70. The highest BCUT2D eigenvalue weighted by Crippen LogP contribution is 2.26. The van der Waals surface area contributed by atoms with E-state index in [9.17, 15) is 4.79 Å². The standard InChI is InChI=1S/C15H14O4/c1-9-8-17-15(10(9)2)18-12-5-3-11-4-6-14(16)19-13(11)7-12/h3-7,15H,8H2,1-2H3. The van der Waals surface area contributed by atoms with Gasteiger partial charge in [-0.25, -0.2) is 4.79 Å². The smallest absolute Gasteiger partial charge is 0.336 e. The number of fused-ring (bicyclic) bond motifs is 1. The Morgan fingerprint density at radius 2 is 2.00 bits per heavy atom. The van der Waals surface area contributed by atoms with Crippen LogP contribution in [0.4, 0.5) is 0 Å². The van der Waals surface area contributed by atoms with Crippen LogP contribution in [0.2, 0.25) is 0 Å². The Kier molecular flexibility index (Phi) is 2.87. The predicted molar refractivity (Wildman–Crippen MR) is 71.2 cm³/mol. The third-order valence-corrected chi connectivity index (χ3v) is 3.32. The Balaban J connectivity index is 1.92. The molecule has 1 aliphatic rings. The maximum Gasteiger partial charge on any atom is 0.336 e. The molecule has 0 radical (unpaired) electrons. The van der Waals surface area contributed by atoms with Crippen molar-refractivity contribution in [3.63, 3.8) is 0 Å². The second kappa shape index (κ2) is 4.55. The van der Waals surface area contributed by atoms with Crippen molar-refractivity contribution in [2.24, 2.45) is 0 Å². The van der Waals surface area contributed by atoms with Gasteiger partial charge in [0.15, 0.2) is 0 Å². The quantitative estimate of drug-likeness (QED) is 0.614. The normalized spacial score (nSPS) is 19.2. The van der Waals surface area contributed by atoms with Gasteiger partial charge in [-0.1, -0.05) is 0 Å². The van der Waals surface area contributed by atoms with Crippen molar-refractivity contribution in [3.8, 4) is 5.75 Å². The van der Waals surface area contributed by atoms with Crippen molar-refractivity contribution in [1.29, 1.82) is 0 Å². The fourth-order valence-corrected chi connectivity index (χ4v) is 2.00. The first-order valence-corrected chi connectivity index (χ1v) is 6.12. The molecule has 2 aromatic rings. The fourth-order valence-electron chi connectivity index (χ4n) is 2.00. The van der Waals surface area contributed by atoms with Gasteiger partial charge in [-0.05, 0) is 43.2 Å². The SMILES string of the molecule is CC1=C(C)C(Oc2ccc3ccc(=O)oc3c2)OC1. The highest BCUT2D eigenvalue weighted by Gasteiger charge is 2.22. The molecule has 0 fully saturated rings. The Morgan fingerprint density at radius 1 is 1.21 bits per heavy atom. The zero-order valence-corrected chi connectivity index (χ0v) is 10.8. The van der Waals surface area contributed by atoms with E-state index < -0.39 is 0 Å². The van der Waals surface area contributed by atoms with E-state index in [4.69, 9.17) is 13.9 Å². The van der Waals surface area contributed by atoms with E-state index in [0.717, 1.165) is 11.0 Å². The summed E-state index contributed by atoms with van der Waals surface area (Å²) in [5.74, 6) is 0.626. The zero-order chi connectivity index (χ0) is 13.4. The van der Waals surface area contributed by atoms with E-state index in [1.54, 1.807) is 12.1 Å². The van der Waals surface area contributed by atoms with Gasteiger partial charge in [-0.2, -0.15) is 0 Å². The number of rotatable bonds is 2. The van der Waals surface area contributed by atoms with Gasteiger partial charge in [-0.15, -0.1) is 0 Å². The minimum atomic E-state index is -0.367. The molecule has 19 heavy (non-hydrogen) atoms. The predicted octanol–water partition coefficient (Wildman–Crippen LogP) is 2.86. The molecule has 98 valence electrons. The van der Waals surface area contributed by atoms with Gasteiger partial charge in [0, 0.05) is 17.5 Å². The van der Waals surface area contributed by atoms with Gasteiger partial charge < -0.3 is 13.9 Å². The van der Waals surface area contributed by atoms with Gasteiger partial charge >= 0.3 is 5.63 Å². The maximum absolute atomic E-state index is 11.2. The Hall–Kier alpha value is -2.07. The molecule has 0 aliphatic carbocycles. The zero-order valence-electron chi connectivity index (χ0n) is 10.8. The third-order valence-electron chi connectivity index (χ3n) is 3.32. The van der Waals surface area contributed by atoms with Crippen LogP contribution in [0.15, 0.2) is 50.7 Å². The van der Waals surface area contributed by atoms with Crippen LogP contribution in [0.1, 0.15) is 13.8 Å². The van der Waals surface area contributed by atoms with Crippen LogP contribution in [0.5, 0.6) is 5.75 Å². The van der Waals surface area contributed by atoms with Crippen LogP contribution >= 0.6 is 0 Å². The topological polar surface area (TPSA) is 48.7 Å². The molecule has 1 unspecified atom stereocenters. The molecule has 0 saturated heterocycles. The van der Waals surface area contributed by atoms with Gasteiger partial charge in [-0.3, -0.25) is 0 Å². The molecule has 0 bridgehead atoms. The molecule has 1 atom stereocenters. The Labute approximate surface area is 110 Å². The summed E-state index contributed by atoms with van der Waals surface area (Å²) >= 11 is 0. The van der Waals surface area contributed by atoms with Gasteiger partial charge in [0.25, 0.3) is 0 Å². The largest absolute Gasteiger partial charge is 0.461 e. The van der Waals surface area contributed by atoms with Gasteiger partial charge in [0.1, 0.15) is 11.3 Å². The maximum atomic E-state index is 11.2. The van der Waals surface area contributed by atoms with Crippen molar-refractivity contribution in [1.82, 2.24) is 0 Å². The molecular formula is C15H14O4. The highest BCUT2D eigenvalue weighted by atomic mass is 16.7. The van der Waals surface area contributed by atoms with Crippen LogP contribution in [-0.2, 0) is 4.74 Å². The van der Waals surface area contributed by atoms with E-state index in [0.29, 0.717) is 17.9 Å². The van der Waals surface area contributed by atoms with Crippen molar-refractivity contribution < 1.29 is 13.9 Å². The summed E-state index contributed by atoms with van der Waals surface area (Å²) in [6, 6.07) is 8.54. The minimum Gasteiger partial charge on any atom is -0.461 e. The first-order valence-electron chi connectivity index (χ1n) is 6.12. The van der Waals surface area contributed by atoms with Crippen molar-refractivity contribution >= 4 is 11.0 Å². The lowest BCUT2D eigenvalue weighted by Gasteiger charge is -2.14. The minimum absolute atomic E-state index is 0.354. The molecule has 1 aromatic heterocycles. The molecule has 0 spiro atoms. The third kappa shape index (κ3) is 2.27. The summed E-state index contributed by atoms with van der Waals surface area (Å²) < 4.78 is 16.4. The summed E-state index contributed by atoms with van der Waals surface area (Å²) in [7, 11) is 0. The fraction of sp³-hybridized carbons (Fsp3) is 0.267. The molecule has 1 aliphatic heterocycles.